The number of rotatable bonds is 1. The van der Waals surface area contributed by atoms with Crippen LogP contribution in [0.1, 0.15) is 11.1 Å². The first kappa shape index (κ1) is 10.3. The van der Waals surface area contributed by atoms with E-state index in [-0.39, 0.29) is 0 Å². The maximum Gasteiger partial charge on any atom is 0.416 e. The normalized spacial score (nSPS) is 15.6. The number of fused-ring (bicyclic) bond motifs is 1. The second-order valence-corrected chi connectivity index (χ2v) is 3.38. The van der Waals surface area contributed by atoms with Gasteiger partial charge < -0.3 is 0 Å². The molecule has 1 heterocycles. The van der Waals surface area contributed by atoms with E-state index in [1.165, 1.54) is 18.2 Å². The highest BCUT2D eigenvalue weighted by atomic mass is 19.4. The van der Waals surface area contributed by atoms with Crippen molar-refractivity contribution in [2.75, 3.05) is 18.7 Å². The molecule has 0 radical (unpaired) electrons. The van der Waals surface area contributed by atoms with Crippen molar-refractivity contribution in [2.24, 2.45) is 0 Å². The number of hydrogen-bond donors (Lipinski definition) is 0. The highest BCUT2D eigenvalue weighted by Gasteiger charge is 2.32. The van der Waals surface area contributed by atoms with E-state index < -0.39 is 11.7 Å². The maximum atomic E-state index is 12.4. The number of anilines is 1. The molecule has 0 bridgehead atoms. The Labute approximate surface area is 85.2 Å². The Morgan fingerprint density at radius 3 is 2.67 bits per heavy atom. The van der Waals surface area contributed by atoms with Gasteiger partial charge in [0.05, 0.1) is 18.4 Å². The Bertz CT molecular complexity index is 375. The Kier molecular flexibility index (Phi) is 2.34. The first-order chi connectivity index (χ1) is 7.02. The predicted octanol–water partition coefficient (Wildman–Crippen LogP) is 2.63. The van der Waals surface area contributed by atoms with Gasteiger partial charge in [0.1, 0.15) is 0 Å². The zero-order chi connectivity index (χ0) is 11.1. The van der Waals surface area contributed by atoms with E-state index in [1.54, 1.807) is 0 Å². The molecule has 0 atom stereocenters. The summed E-state index contributed by atoms with van der Waals surface area (Å²) in [6, 6.07) is 3.75. The number of nitrogens with zero attached hydrogens (tertiary/aromatic N) is 1. The van der Waals surface area contributed by atoms with Crippen LogP contribution in [0.4, 0.5) is 18.9 Å². The zero-order valence-electron chi connectivity index (χ0n) is 8.14. The van der Waals surface area contributed by atoms with Crippen molar-refractivity contribution in [3.05, 3.63) is 29.3 Å². The number of hydrogen-bond acceptors (Lipinski definition) is 2. The molecular formula is C10H10F3NO. The Morgan fingerprint density at radius 1 is 1.33 bits per heavy atom. The number of alkyl halides is 3. The topological polar surface area (TPSA) is 12.5 Å². The van der Waals surface area contributed by atoms with Crippen molar-refractivity contribution in [3.63, 3.8) is 0 Å². The average molecular weight is 217 g/mol. The molecule has 82 valence electrons. The first-order valence-corrected chi connectivity index (χ1v) is 4.54. The lowest BCUT2D eigenvalue weighted by molar-refractivity contribution is -0.137. The molecule has 0 spiro atoms. The van der Waals surface area contributed by atoms with Crippen LogP contribution in [0.3, 0.4) is 0 Å². The monoisotopic (exact) mass is 217 g/mol. The summed E-state index contributed by atoms with van der Waals surface area (Å²) >= 11 is 0. The van der Waals surface area contributed by atoms with Gasteiger partial charge in [-0.3, -0.25) is 9.90 Å². The van der Waals surface area contributed by atoms with E-state index in [1.807, 2.05) is 0 Å². The molecule has 15 heavy (non-hydrogen) atoms. The summed E-state index contributed by atoms with van der Waals surface area (Å²) in [5, 5.41) is 1.48. The van der Waals surface area contributed by atoms with Crippen molar-refractivity contribution in [1.82, 2.24) is 0 Å². The fraction of sp³-hybridized carbons (Fsp3) is 0.400. The van der Waals surface area contributed by atoms with Crippen LogP contribution in [-0.2, 0) is 17.4 Å². The van der Waals surface area contributed by atoms with Crippen LogP contribution < -0.4 is 5.06 Å². The lowest BCUT2D eigenvalue weighted by Crippen LogP contribution is -2.18. The van der Waals surface area contributed by atoms with Gasteiger partial charge in [-0.25, -0.2) is 0 Å². The lowest BCUT2D eigenvalue weighted by atomic mass is 10.1. The van der Waals surface area contributed by atoms with Crippen LogP contribution in [0.15, 0.2) is 18.2 Å². The molecular weight excluding hydrogens is 207 g/mol. The van der Waals surface area contributed by atoms with Crippen LogP contribution in [0.5, 0.6) is 0 Å². The summed E-state index contributed by atoms with van der Waals surface area (Å²) in [6.07, 6.45) is -3.57. The van der Waals surface area contributed by atoms with Crippen molar-refractivity contribution in [1.29, 1.82) is 0 Å². The summed E-state index contributed by atoms with van der Waals surface area (Å²) in [5.41, 5.74) is 0.780. The molecule has 0 fully saturated rings. The van der Waals surface area contributed by atoms with Crippen LogP contribution in [0.25, 0.3) is 0 Å². The van der Waals surface area contributed by atoms with Gasteiger partial charge in [-0.15, -0.1) is 0 Å². The van der Waals surface area contributed by atoms with Gasteiger partial charge in [-0.2, -0.15) is 13.2 Å². The van der Waals surface area contributed by atoms with E-state index in [2.05, 4.69) is 0 Å². The predicted molar refractivity (Wildman–Crippen MR) is 49.5 cm³/mol. The zero-order valence-corrected chi connectivity index (χ0v) is 8.14. The molecule has 0 saturated carbocycles. The SMILES string of the molecule is CON1CCc2ccc(C(F)(F)F)cc21. The molecule has 0 unspecified atom stereocenters. The van der Waals surface area contributed by atoms with Crippen molar-refractivity contribution < 1.29 is 18.0 Å². The third-order valence-electron chi connectivity index (χ3n) is 2.49. The summed E-state index contributed by atoms with van der Waals surface area (Å²) in [4.78, 5) is 4.97. The first-order valence-electron chi connectivity index (χ1n) is 4.54. The molecule has 0 saturated heterocycles. The summed E-state index contributed by atoms with van der Waals surface area (Å²) in [6.45, 7) is 0.604. The molecule has 2 rings (SSSR count). The molecule has 0 aliphatic carbocycles. The molecule has 1 aromatic rings. The average Bonchev–Trinajstić information content (AvgIpc) is 2.57. The molecule has 2 nitrogen and oxygen atoms in total. The van der Waals surface area contributed by atoms with Gasteiger partial charge in [-0.05, 0) is 24.1 Å². The van der Waals surface area contributed by atoms with Crippen molar-refractivity contribution >= 4 is 5.69 Å². The minimum absolute atomic E-state index is 0.521. The molecule has 0 N–H and O–H groups in total. The van der Waals surface area contributed by atoms with Crippen LogP contribution in [0, 0.1) is 0 Å². The molecule has 1 aliphatic heterocycles. The lowest BCUT2D eigenvalue weighted by Gasteiger charge is -2.16. The van der Waals surface area contributed by atoms with E-state index >= 15 is 0 Å². The molecule has 0 amide bonds. The van der Waals surface area contributed by atoms with Crippen molar-refractivity contribution in [3.8, 4) is 0 Å². The van der Waals surface area contributed by atoms with Crippen LogP contribution in [0.2, 0.25) is 0 Å². The van der Waals surface area contributed by atoms with Gasteiger partial charge in [0.2, 0.25) is 0 Å². The van der Waals surface area contributed by atoms with E-state index in [0.717, 1.165) is 24.1 Å². The Morgan fingerprint density at radius 2 is 2.07 bits per heavy atom. The van der Waals surface area contributed by atoms with Gasteiger partial charge in [-0.1, -0.05) is 6.07 Å². The van der Waals surface area contributed by atoms with Gasteiger partial charge in [0.25, 0.3) is 0 Å². The number of hydroxylamine groups is 1. The summed E-state index contributed by atoms with van der Waals surface area (Å²) < 4.78 is 37.3. The maximum absolute atomic E-state index is 12.4. The van der Waals surface area contributed by atoms with Gasteiger partial charge in [0, 0.05) is 6.54 Å². The molecule has 0 aromatic heterocycles. The van der Waals surface area contributed by atoms with Crippen LogP contribution in [-0.4, -0.2) is 13.7 Å². The highest BCUT2D eigenvalue weighted by molar-refractivity contribution is 5.58. The van der Waals surface area contributed by atoms with E-state index in [0.29, 0.717) is 12.2 Å². The Balaban J connectivity index is 2.41. The highest BCUT2D eigenvalue weighted by Crippen LogP contribution is 2.35. The fourth-order valence-corrected chi connectivity index (χ4v) is 1.72. The minimum atomic E-state index is -4.29. The number of benzene rings is 1. The smallest absolute Gasteiger partial charge is 0.277 e. The largest absolute Gasteiger partial charge is 0.416 e. The molecule has 5 heteroatoms. The Hall–Kier alpha value is -1.23. The molecule has 1 aromatic carbocycles. The third kappa shape index (κ3) is 1.79. The van der Waals surface area contributed by atoms with Gasteiger partial charge >= 0.3 is 6.18 Å². The summed E-state index contributed by atoms with van der Waals surface area (Å²) in [5.74, 6) is 0. The van der Waals surface area contributed by atoms with E-state index in [9.17, 15) is 13.2 Å². The van der Waals surface area contributed by atoms with Crippen LogP contribution >= 0.6 is 0 Å². The number of halogens is 3. The fourth-order valence-electron chi connectivity index (χ4n) is 1.72. The standard InChI is InChI=1S/C10H10F3NO/c1-15-14-5-4-7-2-3-8(6-9(7)14)10(11,12)13/h2-3,6H,4-5H2,1H3. The van der Waals surface area contributed by atoms with Crippen molar-refractivity contribution in [2.45, 2.75) is 12.6 Å². The quantitative estimate of drug-likeness (QED) is 0.717. The third-order valence-corrected chi connectivity index (χ3v) is 2.49. The van der Waals surface area contributed by atoms with Gasteiger partial charge in [0.15, 0.2) is 0 Å². The minimum Gasteiger partial charge on any atom is -0.277 e. The summed E-state index contributed by atoms with van der Waals surface area (Å²) in [7, 11) is 1.45. The second-order valence-electron chi connectivity index (χ2n) is 3.38. The second kappa shape index (κ2) is 3.41. The van der Waals surface area contributed by atoms with E-state index in [4.69, 9.17) is 4.84 Å². The molecule has 1 aliphatic rings.